The molecule has 31 heavy (non-hydrogen) atoms. The monoisotopic (exact) mass is 475 g/mol. The molecule has 0 saturated carbocycles. The molecule has 0 bridgehead atoms. The van der Waals surface area contributed by atoms with Gasteiger partial charge in [-0.05, 0) is 24.6 Å². The highest BCUT2D eigenvalue weighted by molar-refractivity contribution is 9.10. The van der Waals surface area contributed by atoms with Crippen molar-refractivity contribution in [3.63, 3.8) is 0 Å². The second-order valence-corrected chi connectivity index (χ2v) is 8.83. The van der Waals surface area contributed by atoms with E-state index < -0.39 is 0 Å². The molecule has 154 valence electrons. The maximum atomic E-state index is 13.1. The van der Waals surface area contributed by atoms with E-state index in [1.54, 1.807) is 0 Å². The average Bonchev–Trinajstić information content (AvgIpc) is 3.39. The summed E-state index contributed by atoms with van der Waals surface area (Å²) < 4.78 is 5.03. The molecule has 6 rings (SSSR count). The van der Waals surface area contributed by atoms with Gasteiger partial charge >= 0.3 is 0 Å². The Labute approximate surface area is 185 Å². The number of hydrogen-bond donors (Lipinski definition) is 2. The molecule has 0 radical (unpaired) electrons. The molecule has 2 amide bonds. The Bertz CT molecular complexity index is 1610. The highest BCUT2D eigenvalue weighted by atomic mass is 79.9. The molecule has 3 aromatic carbocycles. The van der Waals surface area contributed by atoms with Crippen molar-refractivity contribution in [2.24, 2.45) is 7.05 Å². The zero-order valence-corrected chi connectivity index (χ0v) is 18.3. The van der Waals surface area contributed by atoms with Gasteiger partial charge in [-0.15, -0.1) is 0 Å². The number of hydrogen-bond acceptors (Lipinski definition) is 3. The molecule has 0 spiro atoms. The average molecular weight is 476 g/mol. The van der Waals surface area contributed by atoms with Crippen molar-refractivity contribution in [3.05, 3.63) is 58.2 Å². The van der Waals surface area contributed by atoms with Crippen LogP contribution in [0.1, 0.15) is 27.1 Å². The largest absolute Gasteiger partial charge is 0.396 e. The molecule has 2 aromatic heterocycles. The number of fused-ring (bicyclic) bond motifs is 10. The SMILES string of the molecule is Cn1ccc2ccc3c(c4c(c5c6c(Br)cccc6n(CCCO)c35)C(=O)NC4=O)c21. The number of imide groups is 1. The fourth-order valence-electron chi connectivity index (χ4n) is 5.11. The van der Waals surface area contributed by atoms with E-state index in [0.717, 1.165) is 48.0 Å². The van der Waals surface area contributed by atoms with Gasteiger partial charge in [0.15, 0.2) is 0 Å². The Morgan fingerprint density at radius 3 is 2.52 bits per heavy atom. The second-order valence-electron chi connectivity index (χ2n) is 7.97. The van der Waals surface area contributed by atoms with Crippen LogP contribution in [0.2, 0.25) is 0 Å². The molecule has 3 heterocycles. The van der Waals surface area contributed by atoms with Crippen molar-refractivity contribution >= 4 is 71.2 Å². The summed E-state index contributed by atoms with van der Waals surface area (Å²) in [5.74, 6) is -0.723. The van der Waals surface area contributed by atoms with Gasteiger partial charge in [-0.3, -0.25) is 14.9 Å². The Morgan fingerprint density at radius 2 is 1.74 bits per heavy atom. The van der Waals surface area contributed by atoms with Crippen LogP contribution in [0, 0.1) is 0 Å². The predicted molar refractivity (Wildman–Crippen MR) is 125 cm³/mol. The first-order valence-electron chi connectivity index (χ1n) is 10.1. The van der Waals surface area contributed by atoms with Crippen molar-refractivity contribution in [3.8, 4) is 0 Å². The molecule has 0 unspecified atom stereocenters. The standard InChI is InChI=1S/C24H18BrN3O3/c1-27-10-8-12-6-7-13-16(21(12)27)19-20(24(31)26-23(19)30)18-17-14(25)4-2-5-15(17)28(22(13)18)9-3-11-29/h2,4-8,10,29H,3,9,11H2,1H3,(H,26,30,31). The summed E-state index contributed by atoms with van der Waals surface area (Å²) in [6.07, 6.45) is 2.55. The van der Waals surface area contributed by atoms with E-state index in [1.807, 2.05) is 48.1 Å². The van der Waals surface area contributed by atoms with Crippen LogP contribution in [0.3, 0.4) is 0 Å². The fraction of sp³-hybridized carbons (Fsp3) is 0.167. The maximum Gasteiger partial charge on any atom is 0.259 e. The summed E-state index contributed by atoms with van der Waals surface area (Å²) in [6.45, 7) is 0.667. The lowest BCUT2D eigenvalue weighted by molar-refractivity contribution is 0.0880. The second kappa shape index (κ2) is 6.42. The lowest BCUT2D eigenvalue weighted by Gasteiger charge is -2.13. The number of halogens is 1. The molecule has 0 atom stereocenters. The predicted octanol–water partition coefficient (Wildman–Crippen LogP) is 4.47. The number of aryl methyl sites for hydroxylation is 2. The number of carbonyl (C=O) groups excluding carboxylic acids is 2. The number of benzene rings is 3. The summed E-state index contributed by atoms with van der Waals surface area (Å²) >= 11 is 3.67. The first kappa shape index (κ1) is 18.6. The zero-order chi connectivity index (χ0) is 21.4. The molecule has 1 aliphatic rings. The molecular formula is C24H18BrN3O3. The van der Waals surface area contributed by atoms with E-state index in [0.29, 0.717) is 24.1 Å². The summed E-state index contributed by atoms with van der Waals surface area (Å²) in [5, 5.41) is 16.5. The number of nitrogens with one attached hydrogen (secondary N) is 1. The van der Waals surface area contributed by atoms with E-state index in [1.165, 1.54) is 0 Å². The topological polar surface area (TPSA) is 76.3 Å². The third-order valence-electron chi connectivity index (χ3n) is 6.30. The Kier molecular flexibility index (Phi) is 3.85. The lowest BCUT2D eigenvalue weighted by atomic mass is 9.93. The third-order valence-corrected chi connectivity index (χ3v) is 6.97. The summed E-state index contributed by atoms with van der Waals surface area (Å²) in [4.78, 5) is 26.1. The third kappa shape index (κ3) is 2.30. The van der Waals surface area contributed by atoms with Gasteiger partial charge in [0.2, 0.25) is 0 Å². The minimum Gasteiger partial charge on any atom is -0.396 e. The molecule has 0 fully saturated rings. The quantitative estimate of drug-likeness (QED) is 0.378. The van der Waals surface area contributed by atoms with Gasteiger partial charge in [0.05, 0.1) is 27.7 Å². The Balaban J connectivity index is 1.99. The molecule has 7 heteroatoms. The minimum atomic E-state index is -0.366. The van der Waals surface area contributed by atoms with Crippen molar-refractivity contribution in [1.29, 1.82) is 0 Å². The molecule has 6 nitrogen and oxygen atoms in total. The number of aromatic nitrogens is 2. The van der Waals surface area contributed by atoms with E-state index in [2.05, 4.69) is 31.9 Å². The number of aliphatic hydroxyl groups excluding tert-OH is 1. The zero-order valence-electron chi connectivity index (χ0n) is 16.7. The van der Waals surface area contributed by atoms with Crippen molar-refractivity contribution < 1.29 is 14.7 Å². The van der Waals surface area contributed by atoms with Crippen LogP contribution < -0.4 is 5.32 Å². The van der Waals surface area contributed by atoms with E-state index in [-0.39, 0.29) is 18.4 Å². The first-order valence-corrected chi connectivity index (χ1v) is 10.9. The van der Waals surface area contributed by atoms with Gasteiger partial charge in [-0.2, -0.15) is 0 Å². The van der Waals surface area contributed by atoms with Gasteiger partial charge in [0.25, 0.3) is 11.8 Å². The van der Waals surface area contributed by atoms with Crippen LogP contribution in [-0.2, 0) is 13.6 Å². The van der Waals surface area contributed by atoms with Crippen LogP contribution in [-0.4, -0.2) is 32.7 Å². The van der Waals surface area contributed by atoms with E-state index in [4.69, 9.17) is 0 Å². The summed E-state index contributed by atoms with van der Waals surface area (Å²) in [5.41, 5.74) is 3.68. The van der Waals surface area contributed by atoms with Crippen LogP contribution in [0.4, 0.5) is 0 Å². The summed E-state index contributed by atoms with van der Waals surface area (Å²) in [6, 6.07) is 12.0. The highest BCUT2D eigenvalue weighted by Gasteiger charge is 2.35. The molecule has 0 saturated heterocycles. The van der Waals surface area contributed by atoms with Gasteiger partial charge in [0.1, 0.15) is 0 Å². The Hall–Kier alpha value is -3.16. The smallest absolute Gasteiger partial charge is 0.259 e. The van der Waals surface area contributed by atoms with Crippen molar-refractivity contribution in [1.82, 2.24) is 14.5 Å². The summed E-state index contributed by atoms with van der Waals surface area (Å²) in [7, 11) is 1.95. The normalized spacial score (nSPS) is 13.8. The maximum absolute atomic E-state index is 13.1. The first-order chi connectivity index (χ1) is 15.0. The van der Waals surface area contributed by atoms with E-state index >= 15 is 0 Å². The van der Waals surface area contributed by atoms with Gasteiger partial charge in [-0.1, -0.05) is 34.1 Å². The Morgan fingerprint density at radius 1 is 0.968 bits per heavy atom. The van der Waals surface area contributed by atoms with Crippen molar-refractivity contribution in [2.75, 3.05) is 6.61 Å². The minimum absolute atomic E-state index is 0.0685. The molecule has 2 N–H and O–H groups in total. The van der Waals surface area contributed by atoms with Gasteiger partial charge in [-0.25, -0.2) is 0 Å². The van der Waals surface area contributed by atoms with Crippen LogP contribution in [0.5, 0.6) is 0 Å². The number of amides is 2. The molecular weight excluding hydrogens is 458 g/mol. The lowest BCUT2D eigenvalue weighted by Crippen LogP contribution is -2.20. The number of nitrogens with zero attached hydrogens (tertiary/aromatic N) is 2. The number of rotatable bonds is 3. The fourth-order valence-corrected chi connectivity index (χ4v) is 5.67. The van der Waals surface area contributed by atoms with Gasteiger partial charge < -0.3 is 14.2 Å². The van der Waals surface area contributed by atoms with E-state index in [9.17, 15) is 14.7 Å². The van der Waals surface area contributed by atoms with Crippen molar-refractivity contribution in [2.45, 2.75) is 13.0 Å². The molecule has 5 aromatic rings. The number of carbonyl (C=O) groups is 2. The van der Waals surface area contributed by atoms with Crippen LogP contribution >= 0.6 is 15.9 Å². The molecule has 0 aliphatic carbocycles. The van der Waals surface area contributed by atoms with Gasteiger partial charge in [0, 0.05) is 57.8 Å². The van der Waals surface area contributed by atoms with Crippen LogP contribution in [0.15, 0.2) is 47.1 Å². The van der Waals surface area contributed by atoms with Crippen LogP contribution in [0.25, 0.3) is 43.5 Å². The molecule has 1 aliphatic heterocycles. The number of aliphatic hydroxyl groups is 1. The highest BCUT2D eigenvalue weighted by Crippen LogP contribution is 2.45.